The smallest absolute Gasteiger partial charge is 0.326 e. The van der Waals surface area contributed by atoms with Gasteiger partial charge in [0.1, 0.15) is 17.5 Å². The summed E-state index contributed by atoms with van der Waals surface area (Å²) in [4.78, 5) is 23.3. The minimum Gasteiger partial charge on any atom is -0.480 e. The lowest BCUT2D eigenvalue weighted by molar-refractivity contribution is -0.139. The molecule has 0 saturated carbocycles. The number of aliphatic carboxylic acids is 1. The van der Waals surface area contributed by atoms with Crippen LogP contribution in [0.1, 0.15) is 30.8 Å². The minimum absolute atomic E-state index is 0.0209. The molecule has 1 atom stereocenters. The molecule has 0 radical (unpaired) electrons. The van der Waals surface area contributed by atoms with E-state index in [1.807, 2.05) is 13.8 Å². The van der Waals surface area contributed by atoms with E-state index in [0.717, 1.165) is 10.7 Å². The molecule has 0 spiro atoms. The Morgan fingerprint density at radius 1 is 1.29 bits per heavy atom. The molecule has 0 saturated heterocycles. The predicted molar refractivity (Wildman–Crippen MR) is 81.8 cm³/mol. The highest BCUT2D eigenvalue weighted by Gasteiger charge is 2.23. The Kier molecular flexibility index (Phi) is 5.28. The van der Waals surface area contributed by atoms with Gasteiger partial charge in [-0.05, 0) is 30.5 Å². The number of nitrogens with one attached hydrogen (secondary N) is 1. The number of carboxylic acid groups (broad SMARTS) is 1. The number of benzene rings is 1. The Balaban J connectivity index is 2.17. The fourth-order valence-electron chi connectivity index (χ4n) is 2.17. The zero-order valence-electron chi connectivity index (χ0n) is 13.2. The number of carboxylic acids is 1. The van der Waals surface area contributed by atoms with Crippen molar-refractivity contribution in [2.75, 3.05) is 0 Å². The maximum Gasteiger partial charge on any atom is 0.326 e. The first-order chi connectivity index (χ1) is 11.3. The van der Waals surface area contributed by atoms with E-state index in [2.05, 4.69) is 10.4 Å². The van der Waals surface area contributed by atoms with Crippen molar-refractivity contribution in [3.8, 4) is 5.69 Å². The van der Waals surface area contributed by atoms with Gasteiger partial charge in [-0.1, -0.05) is 13.8 Å². The molecule has 0 bridgehead atoms. The number of nitrogens with zero attached hydrogens (tertiary/aromatic N) is 2. The number of aromatic nitrogens is 2. The molecule has 0 aliphatic heterocycles. The summed E-state index contributed by atoms with van der Waals surface area (Å²) < 4.78 is 27.7. The number of hydrogen-bond donors (Lipinski definition) is 2. The Morgan fingerprint density at radius 3 is 2.58 bits per heavy atom. The molecule has 8 heteroatoms. The van der Waals surface area contributed by atoms with Crippen molar-refractivity contribution in [2.24, 2.45) is 5.92 Å². The second-order valence-electron chi connectivity index (χ2n) is 5.74. The van der Waals surface area contributed by atoms with Crippen LogP contribution < -0.4 is 5.32 Å². The fourth-order valence-corrected chi connectivity index (χ4v) is 2.17. The zero-order valence-corrected chi connectivity index (χ0v) is 13.2. The third-order valence-corrected chi connectivity index (χ3v) is 3.29. The van der Waals surface area contributed by atoms with Crippen LogP contribution in [0.2, 0.25) is 0 Å². The number of rotatable bonds is 6. The van der Waals surface area contributed by atoms with Crippen LogP contribution in [0.15, 0.2) is 30.5 Å². The molecule has 0 fully saturated rings. The van der Waals surface area contributed by atoms with Gasteiger partial charge in [0.05, 0.1) is 0 Å². The van der Waals surface area contributed by atoms with E-state index in [-0.39, 0.29) is 23.7 Å². The summed E-state index contributed by atoms with van der Waals surface area (Å²) >= 11 is 0. The molecule has 0 aliphatic carbocycles. The Morgan fingerprint density at radius 2 is 2.00 bits per heavy atom. The summed E-state index contributed by atoms with van der Waals surface area (Å²) in [5.41, 5.74) is -0.0823. The van der Waals surface area contributed by atoms with Crippen LogP contribution in [0.25, 0.3) is 5.69 Å². The van der Waals surface area contributed by atoms with Crippen LogP contribution in [-0.2, 0) is 4.79 Å². The van der Waals surface area contributed by atoms with Crippen molar-refractivity contribution < 1.29 is 23.5 Å². The van der Waals surface area contributed by atoms with Gasteiger partial charge in [0.25, 0.3) is 5.91 Å². The molecule has 24 heavy (non-hydrogen) atoms. The number of hydrogen-bond acceptors (Lipinski definition) is 3. The van der Waals surface area contributed by atoms with Crippen molar-refractivity contribution in [2.45, 2.75) is 26.3 Å². The number of amides is 1. The van der Waals surface area contributed by atoms with E-state index in [0.29, 0.717) is 6.07 Å². The van der Waals surface area contributed by atoms with Gasteiger partial charge in [0.2, 0.25) is 0 Å². The van der Waals surface area contributed by atoms with Gasteiger partial charge < -0.3 is 10.4 Å². The molecule has 2 aromatic rings. The highest BCUT2D eigenvalue weighted by Crippen LogP contribution is 2.14. The molecule has 1 heterocycles. The van der Waals surface area contributed by atoms with E-state index in [1.165, 1.54) is 18.3 Å². The molecule has 0 unspecified atom stereocenters. The van der Waals surface area contributed by atoms with Crippen LogP contribution in [0.3, 0.4) is 0 Å². The van der Waals surface area contributed by atoms with Gasteiger partial charge in [-0.2, -0.15) is 5.10 Å². The number of carbonyl (C=O) groups excluding carboxylic acids is 1. The van der Waals surface area contributed by atoms with Crippen molar-refractivity contribution in [1.29, 1.82) is 0 Å². The first kappa shape index (κ1) is 17.6. The van der Waals surface area contributed by atoms with Crippen molar-refractivity contribution in [3.63, 3.8) is 0 Å². The van der Waals surface area contributed by atoms with Crippen LogP contribution in [0, 0.1) is 17.6 Å². The standard InChI is InChI=1S/C16H17F2N3O3/c1-9(2)7-13(16(23)24)19-15(22)12-5-6-21(20-12)14-4-3-10(17)8-11(14)18/h3-6,8-9,13H,7H2,1-2H3,(H,19,22)(H,23,24)/t13-/m1/s1. The van der Waals surface area contributed by atoms with Crippen LogP contribution in [0.4, 0.5) is 8.78 Å². The molecule has 1 aromatic heterocycles. The molecular weight excluding hydrogens is 320 g/mol. The summed E-state index contributed by atoms with van der Waals surface area (Å²) in [6.07, 6.45) is 1.61. The monoisotopic (exact) mass is 337 g/mol. The van der Waals surface area contributed by atoms with E-state index >= 15 is 0 Å². The van der Waals surface area contributed by atoms with Crippen LogP contribution >= 0.6 is 0 Å². The highest BCUT2D eigenvalue weighted by molar-refractivity contribution is 5.94. The van der Waals surface area contributed by atoms with Gasteiger partial charge in [-0.3, -0.25) is 4.79 Å². The molecule has 2 N–H and O–H groups in total. The largest absolute Gasteiger partial charge is 0.480 e. The topological polar surface area (TPSA) is 84.2 Å². The highest BCUT2D eigenvalue weighted by atomic mass is 19.1. The van der Waals surface area contributed by atoms with Gasteiger partial charge in [0, 0.05) is 12.3 Å². The maximum atomic E-state index is 13.7. The number of carbonyl (C=O) groups is 2. The molecule has 1 amide bonds. The average Bonchev–Trinajstić information content (AvgIpc) is 2.95. The summed E-state index contributed by atoms with van der Waals surface area (Å²) in [7, 11) is 0. The SMILES string of the molecule is CC(C)C[C@@H](NC(=O)c1ccn(-c2ccc(F)cc2F)n1)C(=O)O. The Labute approximate surface area is 137 Å². The zero-order chi connectivity index (χ0) is 17.9. The Hall–Kier alpha value is -2.77. The normalized spacial score (nSPS) is 12.2. The molecule has 2 rings (SSSR count). The van der Waals surface area contributed by atoms with E-state index < -0.39 is 29.6 Å². The maximum absolute atomic E-state index is 13.7. The van der Waals surface area contributed by atoms with Crippen molar-refractivity contribution in [1.82, 2.24) is 15.1 Å². The van der Waals surface area contributed by atoms with Gasteiger partial charge in [-0.15, -0.1) is 0 Å². The lowest BCUT2D eigenvalue weighted by Gasteiger charge is -2.15. The van der Waals surface area contributed by atoms with Crippen LogP contribution in [-0.4, -0.2) is 32.8 Å². The van der Waals surface area contributed by atoms with Gasteiger partial charge in [0.15, 0.2) is 11.5 Å². The second kappa shape index (κ2) is 7.20. The summed E-state index contributed by atoms with van der Waals surface area (Å²) in [5.74, 6) is -3.28. The lowest BCUT2D eigenvalue weighted by atomic mass is 10.0. The van der Waals surface area contributed by atoms with Gasteiger partial charge >= 0.3 is 5.97 Å². The summed E-state index contributed by atoms with van der Waals surface area (Å²) in [5, 5.41) is 15.4. The van der Waals surface area contributed by atoms with E-state index in [4.69, 9.17) is 5.11 Å². The molecule has 0 aliphatic rings. The third-order valence-electron chi connectivity index (χ3n) is 3.29. The summed E-state index contributed by atoms with van der Waals surface area (Å²) in [6.45, 7) is 3.68. The summed E-state index contributed by atoms with van der Waals surface area (Å²) in [6, 6.07) is 3.26. The quantitative estimate of drug-likeness (QED) is 0.848. The van der Waals surface area contributed by atoms with E-state index in [9.17, 15) is 18.4 Å². The fraction of sp³-hybridized carbons (Fsp3) is 0.312. The first-order valence-corrected chi connectivity index (χ1v) is 7.32. The predicted octanol–water partition coefficient (Wildman–Crippen LogP) is 2.38. The van der Waals surface area contributed by atoms with Crippen molar-refractivity contribution >= 4 is 11.9 Å². The molecule has 6 nitrogen and oxygen atoms in total. The molecule has 1 aromatic carbocycles. The molecule has 128 valence electrons. The Bertz CT molecular complexity index is 759. The lowest BCUT2D eigenvalue weighted by Crippen LogP contribution is -2.41. The first-order valence-electron chi connectivity index (χ1n) is 7.32. The van der Waals surface area contributed by atoms with E-state index in [1.54, 1.807) is 0 Å². The van der Waals surface area contributed by atoms with Gasteiger partial charge in [-0.25, -0.2) is 18.3 Å². The third kappa shape index (κ3) is 4.15. The van der Waals surface area contributed by atoms with Crippen molar-refractivity contribution in [3.05, 3.63) is 47.8 Å². The average molecular weight is 337 g/mol. The number of halogens is 2. The minimum atomic E-state index is -1.14. The molecular formula is C16H17F2N3O3. The van der Waals surface area contributed by atoms with Crippen LogP contribution in [0.5, 0.6) is 0 Å². The second-order valence-corrected chi connectivity index (χ2v) is 5.74.